The quantitative estimate of drug-likeness (QED) is 0.796. The van der Waals surface area contributed by atoms with Crippen molar-refractivity contribution in [2.24, 2.45) is 0 Å². The highest BCUT2D eigenvalue weighted by Crippen LogP contribution is 2.21. The number of nitrogens with zero attached hydrogens (tertiary/aromatic N) is 1. The lowest BCUT2D eigenvalue weighted by Gasteiger charge is -2.08. The molecule has 1 heterocycles. The van der Waals surface area contributed by atoms with Crippen LogP contribution in [-0.4, -0.2) is 17.9 Å². The molecule has 0 saturated heterocycles. The van der Waals surface area contributed by atoms with Gasteiger partial charge in [0.2, 0.25) is 0 Å². The second-order valence-corrected chi connectivity index (χ2v) is 4.64. The normalized spacial score (nSPS) is 10.1. The lowest BCUT2D eigenvalue weighted by molar-refractivity contribution is 0.111. The molecule has 92 valence electrons. The standard InChI is InChI=1S/C14H12BrNO2/c15-12-4-5-14(11(9-12)10-17)18-8-6-13-3-1-2-7-16-13/h1-5,7,9-10H,6,8H2. The second-order valence-electron chi connectivity index (χ2n) is 3.72. The average Bonchev–Trinajstić information content (AvgIpc) is 2.41. The zero-order valence-electron chi connectivity index (χ0n) is 9.67. The minimum atomic E-state index is 0.499. The summed E-state index contributed by atoms with van der Waals surface area (Å²) in [6.07, 6.45) is 3.27. The number of aldehydes is 1. The van der Waals surface area contributed by atoms with Crippen molar-refractivity contribution in [2.75, 3.05) is 6.61 Å². The van der Waals surface area contributed by atoms with Crippen LogP contribution in [-0.2, 0) is 6.42 Å². The molecule has 1 aromatic heterocycles. The summed E-state index contributed by atoms with van der Waals surface area (Å²) in [6.45, 7) is 0.499. The van der Waals surface area contributed by atoms with Crippen molar-refractivity contribution in [1.29, 1.82) is 0 Å². The van der Waals surface area contributed by atoms with Gasteiger partial charge in [0.25, 0.3) is 0 Å². The Hall–Kier alpha value is -1.68. The molecule has 2 rings (SSSR count). The Morgan fingerprint density at radius 2 is 2.17 bits per heavy atom. The van der Waals surface area contributed by atoms with Gasteiger partial charge in [0.05, 0.1) is 12.2 Å². The highest BCUT2D eigenvalue weighted by atomic mass is 79.9. The van der Waals surface area contributed by atoms with Crippen LogP contribution in [0, 0.1) is 0 Å². The van der Waals surface area contributed by atoms with Crippen LogP contribution >= 0.6 is 15.9 Å². The molecule has 4 heteroatoms. The van der Waals surface area contributed by atoms with Gasteiger partial charge in [-0.05, 0) is 30.3 Å². The molecule has 0 bridgehead atoms. The number of benzene rings is 1. The van der Waals surface area contributed by atoms with Crippen LogP contribution in [0.4, 0.5) is 0 Å². The van der Waals surface area contributed by atoms with Crippen LogP contribution in [0.3, 0.4) is 0 Å². The van der Waals surface area contributed by atoms with Gasteiger partial charge in [-0.2, -0.15) is 0 Å². The molecule has 0 aliphatic heterocycles. The third-order valence-electron chi connectivity index (χ3n) is 2.44. The van der Waals surface area contributed by atoms with E-state index in [1.807, 2.05) is 24.3 Å². The molecule has 0 N–H and O–H groups in total. The molecule has 3 nitrogen and oxygen atoms in total. The van der Waals surface area contributed by atoms with Gasteiger partial charge in [0, 0.05) is 22.8 Å². The minimum absolute atomic E-state index is 0.499. The van der Waals surface area contributed by atoms with Crippen molar-refractivity contribution in [3.63, 3.8) is 0 Å². The Labute approximate surface area is 114 Å². The fourth-order valence-corrected chi connectivity index (χ4v) is 1.93. The topological polar surface area (TPSA) is 39.2 Å². The summed E-state index contributed by atoms with van der Waals surface area (Å²) >= 11 is 3.32. The van der Waals surface area contributed by atoms with E-state index in [0.717, 1.165) is 22.9 Å². The van der Waals surface area contributed by atoms with Gasteiger partial charge in [-0.1, -0.05) is 22.0 Å². The Bertz CT molecular complexity index is 529. The maximum atomic E-state index is 10.9. The first-order chi connectivity index (χ1) is 8.79. The molecular formula is C14H12BrNO2. The minimum Gasteiger partial charge on any atom is -0.492 e. The van der Waals surface area contributed by atoms with Gasteiger partial charge in [-0.3, -0.25) is 9.78 Å². The van der Waals surface area contributed by atoms with Crippen LogP contribution in [0.25, 0.3) is 0 Å². The summed E-state index contributed by atoms with van der Waals surface area (Å²) in [5.74, 6) is 0.601. The largest absolute Gasteiger partial charge is 0.492 e. The molecule has 1 aromatic carbocycles. The highest BCUT2D eigenvalue weighted by molar-refractivity contribution is 9.10. The Morgan fingerprint density at radius 3 is 2.89 bits per heavy atom. The number of pyridine rings is 1. The number of hydrogen-bond donors (Lipinski definition) is 0. The van der Waals surface area contributed by atoms with Crippen molar-refractivity contribution < 1.29 is 9.53 Å². The van der Waals surface area contributed by atoms with Crippen LogP contribution in [0.5, 0.6) is 5.75 Å². The average molecular weight is 306 g/mol. The third-order valence-corrected chi connectivity index (χ3v) is 2.93. The lowest BCUT2D eigenvalue weighted by atomic mass is 10.2. The monoisotopic (exact) mass is 305 g/mol. The Morgan fingerprint density at radius 1 is 1.28 bits per heavy atom. The lowest BCUT2D eigenvalue weighted by Crippen LogP contribution is -2.04. The van der Waals surface area contributed by atoms with Crippen LogP contribution in [0.2, 0.25) is 0 Å². The number of aromatic nitrogens is 1. The van der Waals surface area contributed by atoms with E-state index in [0.29, 0.717) is 17.9 Å². The second kappa shape index (κ2) is 6.31. The molecule has 2 aromatic rings. The van der Waals surface area contributed by atoms with Gasteiger partial charge in [-0.25, -0.2) is 0 Å². The number of halogens is 1. The third kappa shape index (κ3) is 3.40. The fourth-order valence-electron chi connectivity index (χ4n) is 1.55. The van der Waals surface area contributed by atoms with Gasteiger partial charge >= 0.3 is 0 Å². The first-order valence-electron chi connectivity index (χ1n) is 5.57. The molecule has 0 aliphatic carbocycles. The maximum Gasteiger partial charge on any atom is 0.153 e. The van der Waals surface area contributed by atoms with E-state index < -0.39 is 0 Å². The van der Waals surface area contributed by atoms with E-state index >= 15 is 0 Å². The molecule has 0 spiro atoms. The van der Waals surface area contributed by atoms with E-state index in [1.54, 1.807) is 18.3 Å². The zero-order valence-corrected chi connectivity index (χ0v) is 11.3. The van der Waals surface area contributed by atoms with E-state index in [9.17, 15) is 4.79 Å². The van der Waals surface area contributed by atoms with Crippen molar-refractivity contribution in [2.45, 2.75) is 6.42 Å². The van der Waals surface area contributed by atoms with E-state index in [4.69, 9.17) is 4.74 Å². The van der Waals surface area contributed by atoms with E-state index in [2.05, 4.69) is 20.9 Å². The maximum absolute atomic E-state index is 10.9. The fraction of sp³-hybridized carbons (Fsp3) is 0.143. The van der Waals surface area contributed by atoms with Gasteiger partial charge in [-0.15, -0.1) is 0 Å². The number of ether oxygens (including phenoxy) is 1. The van der Waals surface area contributed by atoms with Crippen molar-refractivity contribution in [3.8, 4) is 5.75 Å². The van der Waals surface area contributed by atoms with Gasteiger partial charge < -0.3 is 4.74 Å². The molecule has 0 amide bonds. The summed E-state index contributed by atoms with van der Waals surface area (Å²) in [5, 5.41) is 0. The molecule has 0 radical (unpaired) electrons. The number of carbonyl (C=O) groups is 1. The summed E-state index contributed by atoms with van der Waals surface area (Å²) < 4.78 is 6.46. The summed E-state index contributed by atoms with van der Waals surface area (Å²) in [7, 11) is 0. The van der Waals surface area contributed by atoms with Crippen LogP contribution < -0.4 is 4.74 Å². The van der Waals surface area contributed by atoms with Crippen LogP contribution in [0.1, 0.15) is 16.1 Å². The predicted molar refractivity (Wildman–Crippen MR) is 73.0 cm³/mol. The summed E-state index contributed by atoms with van der Waals surface area (Å²) in [4.78, 5) is 15.1. The molecule has 0 atom stereocenters. The number of rotatable bonds is 5. The predicted octanol–water partition coefficient (Wildman–Crippen LogP) is 3.28. The zero-order chi connectivity index (χ0) is 12.8. The molecule has 0 aliphatic rings. The first kappa shape index (κ1) is 12.8. The summed E-state index contributed by atoms with van der Waals surface area (Å²) in [6, 6.07) is 11.1. The van der Waals surface area contributed by atoms with Gasteiger partial charge in [0.1, 0.15) is 5.75 Å². The molecular weight excluding hydrogens is 294 g/mol. The molecule has 0 saturated carbocycles. The highest BCUT2D eigenvalue weighted by Gasteiger charge is 2.03. The number of carbonyl (C=O) groups excluding carboxylic acids is 1. The Balaban J connectivity index is 1.96. The van der Waals surface area contributed by atoms with Gasteiger partial charge in [0.15, 0.2) is 6.29 Å². The Kier molecular flexibility index (Phi) is 4.47. The van der Waals surface area contributed by atoms with E-state index in [-0.39, 0.29) is 0 Å². The van der Waals surface area contributed by atoms with Crippen molar-refractivity contribution in [3.05, 3.63) is 58.3 Å². The smallest absolute Gasteiger partial charge is 0.153 e. The SMILES string of the molecule is O=Cc1cc(Br)ccc1OCCc1ccccn1. The molecule has 0 fully saturated rings. The van der Waals surface area contributed by atoms with Crippen molar-refractivity contribution in [1.82, 2.24) is 4.98 Å². The van der Waals surface area contributed by atoms with E-state index in [1.165, 1.54) is 0 Å². The molecule has 18 heavy (non-hydrogen) atoms. The van der Waals surface area contributed by atoms with Crippen LogP contribution in [0.15, 0.2) is 47.1 Å². The number of hydrogen-bond acceptors (Lipinski definition) is 3. The van der Waals surface area contributed by atoms with Crippen molar-refractivity contribution >= 4 is 22.2 Å². The summed E-state index contributed by atoms with van der Waals surface area (Å²) in [5.41, 5.74) is 1.52. The first-order valence-corrected chi connectivity index (χ1v) is 6.36. The molecule has 0 unspecified atom stereocenters.